The standard InChI is InChI=1S/C13H18O2/c1-9-4-2-3-5-13(9)10-6-11(14)8-12(15)7-10/h6-9,13-15H,2-5H2,1H3/t9-,13-/m0/s1. The monoisotopic (exact) mass is 206 g/mol. The fraction of sp³-hybridized carbons (Fsp3) is 0.538. The van der Waals surface area contributed by atoms with Gasteiger partial charge >= 0.3 is 0 Å². The van der Waals surface area contributed by atoms with Crippen molar-refractivity contribution < 1.29 is 10.2 Å². The molecule has 1 fully saturated rings. The van der Waals surface area contributed by atoms with E-state index in [1.165, 1.54) is 31.7 Å². The van der Waals surface area contributed by atoms with E-state index in [1.807, 2.05) is 0 Å². The topological polar surface area (TPSA) is 40.5 Å². The molecule has 0 heterocycles. The summed E-state index contributed by atoms with van der Waals surface area (Å²) in [4.78, 5) is 0. The summed E-state index contributed by atoms with van der Waals surface area (Å²) < 4.78 is 0. The normalized spacial score (nSPS) is 26.5. The van der Waals surface area contributed by atoms with Crippen molar-refractivity contribution in [3.05, 3.63) is 23.8 Å². The number of benzene rings is 1. The van der Waals surface area contributed by atoms with Gasteiger partial charge in [-0.2, -0.15) is 0 Å². The SMILES string of the molecule is C[C@H]1CCCC[C@@H]1c1cc(O)cc(O)c1. The Morgan fingerprint density at radius 3 is 2.20 bits per heavy atom. The molecule has 1 aliphatic carbocycles. The molecule has 0 radical (unpaired) electrons. The van der Waals surface area contributed by atoms with E-state index in [0.717, 1.165) is 5.56 Å². The third-order valence-corrected chi connectivity index (χ3v) is 3.46. The second-order valence-corrected chi connectivity index (χ2v) is 4.65. The molecule has 1 aromatic rings. The highest BCUT2D eigenvalue weighted by Crippen LogP contribution is 2.39. The molecule has 0 amide bonds. The van der Waals surface area contributed by atoms with Crippen molar-refractivity contribution in [2.45, 2.75) is 38.5 Å². The van der Waals surface area contributed by atoms with Crippen LogP contribution in [0.25, 0.3) is 0 Å². The van der Waals surface area contributed by atoms with E-state index in [9.17, 15) is 10.2 Å². The molecular formula is C13H18O2. The molecule has 0 unspecified atom stereocenters. The number of phenolic OH excluding ortho intramolecular Hbond substituents is 2. The lowest BCUT2D eigenvalue weighted by atomic mass is 9.76. The molecule has 2 rings (SSSR count). The Bertz CT molecular complexity index is 326. The Kier molecular flexibility index (Phi) is 2.85. The molecule has 1 aromatic carbocycles. The zero-order chi connectivity index (χ0) is 10.8. The van der Waals surface area contributed by atoms with Gasteiger partial charge in [0.2, 0.25) is 0 Å². The smallest absolute Gasteiger partial charge is 0.119 e. The summed E-state index contributed by atoms with van der Waals surface area (Å²) in [6, 6.07) is 4.95. The molecule has 2 heteroatoms. The van der Waals surface area contributed by atoms with Crippen molar-refractivity contribution >= 4 is 0 Å². The highest BCUT2D eigenvalue weighted by atomic mass is 16.3. The lowest BCUT2D eigenvalue weighted by Gasteiger charge is -2.29. The maximum absolute atomic E-state index is 9.45. The maximum Gasteiger partial charge on any atom is 0.119 e. The summed E-state index contributed by atoms with van der Waals surface area (Å²) in [7, 11) is 0. The number of phenols is 2. The Morgan fingerprint density at radius 1 is 1.00 bits per heavy atom. The van der Waals surface area contributed by atoms with Gasteiger partial charge in [-0.1, -0.05) is 26.2 Å². The summed E-state index contributed by atoms with van der Waals surface area (Å²) in [6.07, 6.45) is 4.99. The summed E-state index contributed by atoms with van der Waals surface area (Å²) in [5, 5.41) is 18.9. The Hall–Kier alpha value is -1.18. The van der Waals surface area contributed by atoms with Crippen molar-refractivity contribution in [1.29, 1.82) is 0 Å². The fourth-order valence-corrected chi connectivity index (χ4v) is 2.64. The molecule has 0 bridgehead atoms. The van der Waals surface area contributed by atoms with Gasteiger partial charge in [0.25, 0.3) is 0 Å². The van der Waals surface area contributed by atoms with E-state index in [1.54, 1.807) is 12.1 Å². The van der Waals surface area contributed by atoms with Crippen LogP contribution in [0.2, 0.25) is 0 Å². The van der Waals surface area contributed by atoms with Gasteiger partial charge in [0.1, 0.15) is 11.5 Å². The fourth-order valence-electron chi connectivity index (χ4n) is 2.64. The third kappa shape index (κ3) is 2.25. The third-order valence-electron chi connectivity index (χ3n) is 3.46. The molecule has 15 heavy (non-hydrogen) atoms. The van der Waals surface area contributed by atoms with E-state index in [0.29, 0.717) is 11.8 Å². The minimum Gasteiger partial charge on any atom is -0.508 e. The highest BCUT2D eigenvalue weighted by molar-refractivity contribution is 5.38. The average molecular weight is 206 g/mol. The number of hydrogen-bond donors (Lipinski definition) is 2. The minimum atomic E-state index is 0.169. The lowest BCUT2D eigenvalue weighted by Crippen LogP contribution is -2.14. The summed E-state index contributed by atoms with van der Waals surface area (Å²) >= 11 is 0. The molecule has 0 spiro atoms. The Balaban J connectivity index is 2.27. The van der Waals surface area contributed by atoms with Crippen molar-refractivity contribution in [1.82, 2.24) is 0 Å². The zero-order valence-electron chi connectivity index (χ0n) is 9.11. The predicted molar refractivity (Wildman–Crippen MR) is 60.1 cm³/mol. The molecule has 82 valence electrons. The van der Waals surface area contributed by atoms with Gasteiger partial charge in [0.15, 0.2) is 0 Å². The molecule has 1 saturated carbocycles. The minimum absolute atomic E-state index is 0.169. The van der Waals surface area contributed by atoms with Gasteiger partial charge < -0.3 is 10.2 Å². The van der Waals surface area contributed by atoms with Gasteiger partial charge in [-0.05, 0) is 36.0 Å². The van der Waals surface area contributed by atoms with Crippen molar-refractivity contribution in [3.63, 3.8) is 0 Å². The first-order valence-corrected chi connectivity index (χ1v) is 5.70. The quantitative estimate of drug-likeness (QED) is 0.739. The van der Waals surface area contributed by atoms with E-state index in [4.69, 9.17) is 0 Å². The van der Waals surface area contributed by atoms with Crippen molar-refractivity contribution in [3.8, 4) is 11.5 Å². The molecular weight excluding hydrogens is 188 g/mol. The van der Waals surface area contributed by atoms with Crippen LogP contribution in [0.1, 0.15) is 44.1 Å². The predicted octanol–water partition coefficient (Wildman–Crippen LogP) is 3.39. The van der Waals surface area contributed by atoms with E-state index >= 15 is 0 Å². The van der Waals surface area contributed by atoms with E-state index in [2.05, 4.69) is 6.92 Å². The van der Waals surface area contributed by atoms with Crippen LogP contribution < -0.4 is 0 Å². The van der Waals surface area contributed by atoms with Crippen molar-refractivity contribution in [2.75, 3.05) is 0 Å². The molecule has 0 aromatic heterocycles. The number of rotatable bonds is 1. The van der Waals surface area contributed by atoms with Crippen LogP contribution in [-0.4, -0.2) is 10.2 Å². The Morgan fingerprint density at radius 2 is 1.60 bits per heavy atom. The first-order valence-electron chi connectivity index (χ1n) is 5.70. The highest BCUT2D eigenvalue weighted by Gasteiger charge is 2.23. The van der Waals surface area contributed by atoms with Crippen LogP contribution in [0.3, 0.4) is 0 Å². The van der Waals surface area contributed by atoms with Gasteiger partial charge in [-0.3, -0.25) is 0 Å². The molecule has 2 nitrogen and oxygen atoms in total. The van der Waals surface area contributed by atoms with Gasteiger partial charge in [0.05, 0.1) is 0 Å². The Labute approximate surface area is 90.6 Å². The maximum atomic E-state index is 9.45. The van der Waals surface area contributed by atoms with Crippen LogP contribution >= 0.6 is 0 Å². The molecule has 0 saturated heterocycles. The van der Waals surface area contributed by atoms with Crippen LogP contribution in [0, 0.1) is 5.92 Å². The first kappa shape index (κ1) is 10.3. The van der Waals surface area contributed by atoms with Gasteiger partial charge in [0, 0.05) is 6.07 Å². The van der Waals surface area contributed by atoms with Crippen LogP contribution in [0.4, 0.5) is 0 Å². The second-order valence-electron chi connectivity index (χ2n) is 4.65. The van der Waals surface area contributed by atoms with Gasteiger partial charge in [-0.15, -0.1) is 0 Å². The molecule has 0 aliphatic heterocycles. The van der Waals surface area contributed by atoms with E-state index in [-0.39, 0.29) is 11.5 Å². The van der Waals surface area contributed by atoms with Crippen LogP contribution in [-0.2, 0) is 0 Å². The number of hydrogen-bond acceptors (Lipinski definition) is 2. The van der Waals surface area contributed by atoms with Crippen molar-refractivity contribution in [2.24, 2.45) is 5.92 Å². The lowest BCUT2D eigenvalue weighted by molar-refractivity contribution is 0.328. The van der Waals surface area contributed by atoms with Gasteiger partial charge in [-0.25, -0.2) is 0 Å². The van der Waals surface area contributed by atoms with Crippen LogP contribution in [0.5, 0.6) is 11.5 Å². The molecule has 1 aliphatic rings. The molecule has 2 N–H and O–H groups in total. The first-order chi connectivity index (χ1) is 7.16. The summed E-state index contributed by atoms with van der Waals surface area (Å²) in [6.45, 7) is 2.25. The molecule has 2 atom stereocenters. The van der Waals surface area contributed by atoms with E-state index < -0.39 is 0 Å². The zero-order valence-corrected chi connectivity index (χ0v) is 9.11. The van der Waals surface area contributed by atoms with Crippen LogP contribution in [0.15, 0.2) is 18.2 Å². The largest absolute Gasteiger partial charge is 0.508 e. The number of aromatic hydroxyl groups is 2. The summed E-state index contributed by atoms with van der Waals surface area (Å²) in [5.74, 6) is 1.49. The summed E-state index contributed by atoms with van der Waals surface area (Å²) in [5.41, 5.74) is 1.08. The second kappa shape index (κ2) is 4.13. The average Bonchev–Trinajstić information content (AvgIpc) is 2.16.